The molecule has 1 aliphatic heterocycles. The van der Waals surface area contributed by atoms with Crippen molar-refractivity contribution >= 4 is 153 Å². The standard InChI is InChI=1S/C25H35Cl2N3.C25H34Cl2N3.C15H26Cl2N2.C12H25Br.C10H8ClN.C3H2Cl2N2.2ClH/c2*1-2-3-4-5-6-7-8-9-10-13-18-29-20-30(25(27)24(29)26)19-22-17-16-21-14-11-12-15-23(21)28-22;1-2-3-4-5-6-7-8-9-10-11-12-19-13-18-14(16)15(19)17;1-2-3-4-5-6-7-8-9-10-11-12-13;11-7-9-6-5-8-3-1-2-4-10(8)12-9;4-2-3(5)7-1-6-2;;/h11-12,14-17H,2-10,13,18-20H2,1H3;11-12,14-17,20H,2-10,13,18-19H2,1H3;13H,2-12H2,1H3;2-12H2,1H3;1-6H,7H2;1H,(H,6,7);2*1H/q;+1;;;;;;/p-2. The molecule has 0 radical (unpaired) electrons. The van der Waals surface area contributed by atoms with Crippen molar-refractivity contribution in [3.8, 4) is 0 Å². The molecule has 1 aliphatic rings. The smallest absolute Gasteiger partial charge is 0.255 e. The molecule has 0 spiro atoms. The SMILES string of the molecule is CCCCCCCCCCCCBr.CCCCCCCCCCCCN1CN(Cc2ccc3ccccc3n2)C(Cl)=C1Cl.CCCCCCCCCCCCn1c[n+](Cc2ccc3ccccc3n2)c(Cl)c1Cl.CCCCCCCCCCCCn1cnc(Cl)c1Cl.ClCc1ccc2ccccc2n1.Clc1nc[nH]c1Cl.[Cl-].[Cl-]. The van der Waals surface area contributed by atoms with Gasteiger partial charge in [0.25, 0.3) is 10.3 Å². The Morgan fingerprint density at radius 2 is 0.743 bits per heavy atom. The van der Waals surface area contributed by atoms with E-state index in [0.717, 1.165) is 95.4 Å². The van der Waals surface area contributed by atoms with Crippen molar-refractivity contribution in [2.45, 2.75) is 317 Å². The highest BCUT2D eigenvalue weighted by Gasteiger charge is 2.27. The van der Waals surface area contributed by atoms with Gasteiger partial charge in [-0.25, -0.2) is 24.1 Å². The van der Waals surface area contributed by atoms with Crippen molar-refractivity contribution < 1.29 is 29.4 Å². The molecule has 6 aromatic heterocycles. The van der Waals surface area contributed by atoms with Gasteiger partial charge in [-0.2, -0.15) is 0 Å². The molecule has 9 aromatic rings. The number of rotatable bonds is 48. The molecule has 0 unspecified atom stereocenters. The molecule has 0 saturated carbocycles. The van der Waals surface area contributed by atoms with Gasteiger partial charge in [0.2, 0.25) is 6.33 Å². The first-order valence-corrected chi connectivity index (χ1v) is 46.8. The maximum absolute atomic E-state index is 6.53. The second-order valence-electron chi connectivity index (χ2n) is 29.3. The average Bonchev–Trinajstić information content (AvgIpc) is 1.70. The van der Waals surface area contributed by atoms with Crippen LogP contribution in [0.15, 0.2) is 138 Å². The number of imidazole rings is 3. The molecular formula is C90H130BrCl11N11-. The van der Waals surface area contributed by atoms with Crippen molar-refractivity contribution in [2.75, 3.05) is 18.5 Å². The average molecular weight is 1840 g/mol. The molecule has 3 aromatic carbocycles. The monoisotopic (exact) mass is 1830 g/mol. The van der Waals surface area contributed by atoms with Gasteiger partial charge in [-0.15, -0.1) is 11.6 Å². The van der Waals surface area contributed by atoms with E-state index in [-0.39, 0.29) is 24.8 Å². The van der Waals surface area contributed by atoms with Gasteiger partial charge in [0.1, 0.15) is 27.2 Å². The van der Waals surface area contributed by atoms with Crippen LogP contribution in [0.25, 0.3) is 32.7 Å². The number of unbranched alkanes of at least 4 members (excludes halogenated alkanes) is 36. The number of aromatic amines is 1. The van der Waals surface area contributed by atoms with Crippen molar-refractivity contribution in [1.82, 2.24) is 48.8 Å². The molecular weight excluding hydrogens is 1700 g/mol. The summed E-state index contributed by atoms with van der Waals surface area (Å²) in [6, 6.07) is 36.7. The van der Waals surface area contributed by atoms with E-state index < -0.39 is 0 Å². The fraction of sp³-hybridized carbons (Fsp3) is 0.578. The Kier molecular flexibility index (Phi) is 60.9. The number of benzene rings is 3. The third kappa shape index (κ3) is 43.9. The van der Waals surface area contributed by atoms with Crippen molar-refractivity contribution in [1.29, 1.82) is 0 Å². The molecule has 0 saturated heterocycles. The third-order valence-corrected chi connectivity index (χ3v) is 24.0. The molecule has 11 nitrogen and oxygen atoms in total. The van der Waals surface area contributed by atoms with Crippen LogP contribution in [-0.2, 0) is 32.1 Å². The summed E-state index contributed by atoms with van der Waals surface area (Å²) in [6.07, 6.45) is 59.7. The highest BCUT2D eigenvalue weighted by atomic mass is 79.9. The lowest BCUT2D eigenvalue weighted by Gasteiger charge is -2.22. The Balaban J connectivity index is 0.000000370. The van der Waals surface area contributed by atoms with Gasteiger partial charge in [0.05, 0.1) is 71.9 Å². The van der Waals surface area contributed by atoms with E-state index in [0.29, 0.717) is 60.2 Å². The van der Waals surface area contributed by atoms with Crippen LogP contribution in [0.4, 0.5) is 0 Å². The van der Waals surface area contributed by atoms with Crippen LogP contribution in [0.2, 0.25) is 30.9 Å². The third-order valence-electron chi connectivity index (χ3n) is 19.9. The van der Waals surface area contributed by atoms with E-state index in [4.69, 9.17) is 114 Å². The first-order chi connectivity index (χ1) is 54.2. The van der Waals surface area contributed by atoms with Crippen molar-refractivity contribution in [3.05, 3.63) is 186 Å². The molecule has 113 heavy (non-hydrogen) atoms. The number of aryl methyl sites for hydroxylation is 2. The predicted molar refractivity (Wildman–Crippen MR) is 486 cm³/mol. The minimum atomic E-state index is 0. The number of hydrogen-bond acceptors (Lipinski definition) is 7. The predicted octanol–water partition coefficient (Wildman–Crippen LogP) is 25.5. The number of nitrogens with zero attached hydrogens (tertiary/aromatic N) is 10. The van der Waals surface area contributed by atoms with Gasteiger partial charge in [-0.1, -0.05) is 411 Å². The van der Waals surface area contributed by atoms with Crippen molar-refractivity contribution in [3.63, 3.8) is 0 Å². The lowest BCUT2D eigenvalue weighted by atomic mass is 10.1. The number of para-hydroxylation sites is 3. The molecule has 0 aliphatic carbocycles. The van der Waals surface area contributed by atoms with Gasteiger partial charge < -0.3 is 44.2 Å². The summed E-state index contributed by atoms with van der Waals surface area (Å²) in [5, 5.41) is 8.85. The van der Waals surface area contributed by atoms with Gasteiger partial charge in [0.15, 0.2) is 10.3 Å². The highest BCUT2D eigenvalue weighted by molar-refractivity contribution is 9.09. The van der Waals surface area contributed by atoms with Crippen LogP contribution >= 0.6 is 120 Å². The van der Waals surface area contributed by atoms with Gasteiger partial charge in [-0.3, -0.25) is 9.97 Å². The molecule has 0 atom stereocenters. The van der Waals surface area contributed by atoms with Crippen LogP contribution in [0, 0.1) is 0 Å². The van der Waals surface area contributed by atoms with E-state index >= 15 is 0 Å². The Labute approximate surface area is 746 Å². The first kappa shape index (κ1) is 104. The second-order valence-corrected chi connectivity index (χ2v) is 33.2. The molecule has 7 heterocycles. The Bertz CT molecular complexity index is 3860. The van der Waals surface area contributed by atoms with Crippen LogP contribution in [0.3, 0.4) is 0 Å². The Morgan fingerprint density at radius 3 is 1.12 bits per heavy atom. The zero-order valence-corrected chi connectivity index (χ0v) is 78.0. The van der Waals surface area contributed by atoms with E-state index in [1.165, 1.54) is 249 Å². The summed E-state index contributed by atoms with van der Waals surface area (Å²) in [4.78, 5) is 28.3. The summed E-state index contributed by atoms with van der Waals surface area (Å²) < 4.78 is 5.97. The number of pyridine rings is 3. The van der Waals surface area contributed by atoms with Gasteiger partial charge in [-0.05, 0) is 91.7 Å². The molecule has 0 bridgehead atoms. The van der Waals surface area contributed by atoms with Gasteiger partial charge >= 0.3 is 0 Å². The number of halogens is 12. The molecule has 10 rings (SSSR count). The number of fused-ring (bicyclic) bond motifs is 3. The Hall–Kier alpha value is -3.47. The topological polar surface area (TPSA) is 100 Å². The van der Waals surface area contributed by atoms with Crippen LogP contribution in [-0.4, -0.2) is 67.4 Å². The van der Waals surface area contributed by atoms with E-state index in [2.05, 4.69) is 114 Å². The lowest BCUT2D eigenvalue weighted by molar-refractivity contribution is -0.686. The zero-order chi connectivity index (χ0) is 79.7. The number of nitrogens with one attached hydrogen (secondary N) is 1. The summed E-state index contributed by atoms with van der Waals surface area (Å²) in [6.45, 7) is 13.9. The van der Waals surface area contributed by atoms with Crippen LogP contribution < -0.4 is 29.4 Å². The molecule has 0 fully saturated rings. The number of alkyl halides is 2. The summed E-state index contributed by atoms with van der Waals surface area (Å²) in [5.74, 6) is 0.477. The Morgan fingerprint density at radius 1 is 0.381 bits per heavy atom. The lowest BCUT2D eigenvalue weighted by Crippen LogP contribution is -3.00. The summed E-state index contributed by atoms with van der Waals surface area (Å²) in [5.41, 5.74) is 5.95. The van der Waals surface area contributed by atoms with Crippen molar-refractivity contribution in [2.24, 2.45) is 0 Å². The largest absolute Gasteiger partial charge is 1.00 e. The van der Waals surface area contributed by atoms with E-state index in [1.807, 2.05) is 88.3 Å². The normalized spacial score (nSPS) is 11.6. The highest BCUT2D eigenvalue weighted by Crippen LogP contribution is 2.32. The van der Waals surface area contributed by atoms with E-state index in [9.17, 15) is 0 Å². The minimum absolute atomic E-state index is 0. The summed E-state index contributed by atoms with van der Waals surface area (Å²) in [7, 11) is 0. The maximum atomic E-state index is 6.53. The number of hydrogen-bond donors (Lipinski definition) is 1. The molecule has 0 amide bonds. The molecule has 23 heteroatoms. The molecule has 630 valence electrons. The minimum Gasteiger partial charge on any atom is -1.00 e. The number of aromatic nitrogens is 9. The molecule has 1 N–H and O–H groups in total. The van der Waals surface area contributed by atoms with Crippen LogP contribution in [0.5, 0.6) is 0 Å². The zero-order valence-electron chi connectivity index (χ0n) is 68.1. The first-order valence-electron chi connectivity index (χ1n) is 42.1. The van der Waals surface area contributed by atoms with Gasteiger partial charge in [0, 0.05) is 34.6 Å². The quantitative estimate of drug-likeness (QED) is 0.0175. The summed E-state index contributed by atoms with van der Waals surface area (Å²) >= 11 is 57.7. The fourth-order valence-electron chi connectivity index (χ4n) is 13.3. The fourth-order valence-corrected chi connectivity index (χ4v) is 15.3. The maximum Gasteiger partial charge on any atom is 0.255 e. The second kappa shape index (κ2) is 66.3. The van der Waals surface area contributed by atoms with Crippen LogP contribution in [0.1, 0.15) is 302 Å². The number of H-pyrrole nitrogens is 1. The van der Waals surface area contributed by atoms with E-state index in [1.54, 1.807) is 6.33 Å².